The summed E-state index contributed by atoms with van der Waals surface area (Å²) in [5.41, 5.74) is 1.21. The average molecular weight is 212 g/mol. The van der Waals surface area contributed by atoms with Gasteiger partial charge in [0.25, 0.3) is 0 Å². The summed E-state index contributed by atoms with van der Waals surface area (Å²) in [7, 11) is 0. The van der Waals surface area contributed by atoms with E-state index in [1.165, 1.54) is 32.1 Å². The molecule has 0 aliphatic heterocycles. The summed E-state index contributed by atoms with van der Waals surface area (Å²) >= 11 is 0. The SMILES string of the molecule is CCC.CCC1(C)CC(C)CC(C)(C)C1. The molecule has 0 aromatic carbocycles. The zero-order chi connectivity index (χ0) is 12.1. The minimum absolute atomic E-state index is 0.586. The third kappa shape index (κ3) is 5.58. The predicted molar refractivity (Wildman–Crippen MR) is 71.2 cm³/mol. The molecule has 1 saturated carbocycles. The highest BCUT2D eigenvalue weighted by atomic mass is 14.4. The summed E-state index contributed by atoms with van der Waals surface area (Å²) in [4.78, 5) is 0. The molecule has 0 spiro atoms. The second kappa shape index (κ2) is 5.92. The Hall–Kier alpha value is 0. The summed E-state index contributed by atoms with van der Waals surface area (Å²) in [6.07, 6.45) is 6.87. The molecule has 0 heteroatoms. The fourth-order valence-corrected chi connectivity index (χ4v) is 3.43. The lowest BCUT2D eigenvalue weighted by molar-refractivity contribution is 0.0582. The average Bonchev–Trinajstić information content (AvgIpc) is 2.01. The molecule has 1 aliphatic rings. The van der Waals surface area contributed by atoms with Crippen LogP contribution >= 0.6 is 0 Å². The number of hydrogen-bond acceptors (Lipinski definition) is 0. The van der Waals surface area contributed by atoms with Crippen molar-refractivity contribution < 1.29 is 0 Å². The first kappa shape index (κ1) is 15.0. The van der Waals surface area contributed by atoms with Gasteiger partial charge < -0.3 is 0 Å². The van der Waals surface area contributed by atoms with E-state index in [1.807, 2.05) is 0 Å². The summed E-state index contributed by atoms with van der Waals surface area (Å²) in [5.74, 6) is 0.929. The van der Waals surface area contributed by atoms with Crippen LogP contribution in [0.5, 0.6) is 0 Å². The molecule has 0 radical (unpaired) electrons. The standard InChI is InChI=1S/C12H24.C3H8/c1-6-12(5)8-10(2)7-11(3,4)9-12;1-3-2/h10H,6-9H2,1-5H3;3H2,1-2H3. The van der Waals surface area contributed by atoms with Crippen LogP contribution in [0.4, 0.5) is 0 Å². The van der Waals surface area contributed by atoms with Crippen molar-refractivity contribution >= 4 is 0 Å². The largest absolute Gasteiger partial charge is 0.0656 e. The molecular formula is C15H32. The van der Waals surface area contributed by atoms with Gasteiger partial charge in [-0.1, -0.05) is 61.3 Å². The van der Waals surface area contributed by atoms with Crippen LogP contribution in [0.15, 0.2) is 0 Å². The van der Waals surface area contributed by atoms with Crippen molar-refractivity contribution in [3.8, 4) is 0 Å². The highest BCUT2D eigenvalue weighted by Gasteiger charge is 2.38. The lowest BCUT2D eigenvalue weighted by Crippen LogP contribution is -2.34. The molecule has 0 saturated heterocycles. The molecule has 1 aliphatic carbocycles. The van der Waals surface area contributed by atoms with Crippen molar-refractivity contribution in [1.29, 1.82) is 0 Å². The first-order valence-electron chi connectivity index (χ1n) is 6.78. The van der Waals surface area contributed by atoms with Crippen molar-refractivity contribution in [2.24, 2.45) is 16.7 Å². The zero-order valence-corrected chi connectivity index (χ0v) is 12.1. The van der Waals surface area contributed by atoms with Crippen LogP contribution in [0.2, 0.25) is 0 Å². The molecule has 15 heavy (non-hydrogen) atoms. The maximum absolute atomic E-state index is 2.46. The van der Waals surface area contributed by atoms with Gasteiger partial charge in [-0.2, -0.15) is 0 Å². The van der Waals surface area contributed by atoms with Gasteiger partial charge in [0.1, 0.15) is 0 Å². The van der Waals surface area contributed by atoms with Crippen molar-refractivity contribution in [2.75, 3.05) is 0 Å². The Morgan fingerprint density at radius 2 is 1.47 bits per heavy atom. The maximum atomic E-state index is 2.46. The van der Waals surface area contributed by atoms with Gasteiger partial charge in [-0.05, 0) is 36.0 Å². The highest BCUT2D eigenvalue weighted by Crippen LogP contribution is 2.49. The molecule has 1 rings (SSSR count). The number of hydrogen-bond donors (Lipinski definition) is 0. The van der Waals surface area contributed by atoms with E-state index in [0.29, 0.717) is 10.8 Å². The van der Waals surface area contributed by atoms with Gasteiger partial charge in [0.2, 0.25) is 0 Å². The van der Waals surface area contributed by atoms with Gasteiger partial charge in [0, 0.05) is 0 Å². The molecule has 92 valence electrons. The van der Waals surface area contributed by atoms with Crippen molar-refractivity contribution in [3.63, 3.8) is 0 Å². The van der Waals surface area contributed by atoms with Crippen LogP contribution in [-0.2, 0) is 0 Å². The summed E-state index contributed by atoms with van der Waals surface area (Å²) in [6, 6.07) is 0. The van der Waals surface area contributed by atoms with Crippen LogP contribution in [0.1, 0.15) is 80.6 Å². The minimum atomic E-state index is 0.586. The van der Waals surface area contributed by atoms with Gasteiger partial charge in [-0.25, -0.2) is 0 Å². The Bertz CT molecular complexity index is 169. The van der Waals surface area contributed by atoms with Gasteiger partial charge in [0.15, 0.2) is 0 Å². The van der Waals surface area contributed by atoms with E-state index < -0.39 is 0 Å². The Labute approximate surface area is 97.8 Å². The minimum Gasteiger partial charge on any atom is -0.0656 e. The molecule has 0 heterocycles. The Kier molecular flexibility index (Phi) is 5.92. The van der Waals surface area contributed by atoms with Gasteiger partial charge in [-0.3, -0.25) is 0 Å². The van der Waals surface area contributed by atoms with Gasteiger partial charge in [-0.15, -0.1) is 0 Å². The third-order valence-corrected chi connectivity index (χ3v) is 3.50. The Morgan fingerprint density at radius 3 is 1.80 bits per heavy atom. The predicted octanol–water partition coefficient (Wildman–Crippen LogP) is 5.67. The van der Waals surface area contributed by atoms with Crippen LogP contribution in [0.3, 0.4) is 0 Å². The molecule has 0 aromatic rings. The summed E-state index contributed by atoms with van der Waals surface area (Å²) < 4.78 is 0. The van der Waals surface area contributed by atoms with Gasteiger partial charge in [0.05, 0.1) is 0 Å². The zero-order valence-electron chi connectivity index (χ0n) is 12.1. The number of rotatable bonds is 1. The second-order valence-electron chi connectivity index (χ2n) is 6.73. The second-order valence-corrected chi connectivity index (χ2v) is 6.73. The lowest BCUT2D eigenvalue weighted by Gasteiger charge is -2.45. The Balaban J connectivity index is 0.000000583. The first-order chi connectivity index (χ1) is 6.78. The summed E-state index contributed by atoms with van der Waals surface area (Å²) in [5, 5.41) is 0. The van der Waals surface area contributed by atoms with E-state index in [2.05, 4.69) is 48.5 Å². The molecule has 0 aromatic heterocycles. The molecular weight excluding hydrogens is 180 g/mol. The monoisotopic (exact) mass is 212 g/mol. The lowest BCUT2D eigenvalue weighted by atomic mass is 9.60. The fraction of sp³-hybridized carbons (Fsp3) is 1.00. The van der Waals surface area contributed by atoms with Crippen molar-refractivity contribution in [1.82, 2.24) is 0 Å². The van der Waals surface area contributed by atoms with E-state index in [4.69, 9.17) is 0 Å². The normalized spacial score (nSPS) is 34.2. The molecule has 0 N–H and O–H groups in total. The maximum Gasteiger partial charge on any atom is -0.0321 e. The molecule has 1 fully saturated rings. The topological polar surface area (TPSA) is 0 Å². The first-order valence-corrected chi connectivity index (χ1v) is 6.78. The van der Waals surface area contributed by atoms with E-state index in [0.717, 1.165) is 5.92 Å². The Morgan fingerprint density at radius 1 is 1.00 bits per heavy atom. The van der Waals surface area contributed by atoms with E-state index in [9.17, 15) is 0 Å². The molecule has 2 unspecified atom stereocenters. The quantitative estimate of drug-likeness (QED) is 0.525. The third-order valence-electron chi connectivity index (χ3n) is 3.50. The van der Waals surface area contributed by atoms with Crippen LogP contribution in [0.25, 0.3) is 0 Å². The van der Waals surface area contributed by atoms with Gasteiger partial charge >= 0.3 is 0 Å². The van der Waals surface area contributed by atoms with Crippen molar-refractivity contribution in [3.05, 3.63) is 0 Å². The molecule has 0 amide bonds. The van der Waals surface area contributed by atoms with Crippen LogP contribution in [-0.4, -0.2) is 0 Å². The molecule has 2 atom stereocenters. The van der Waals surface area contributed by atoms with Crippen LogP contribution < -0.4 is 0 Å². The highest BCUT2D eigenvalue weighted by molar-refractivity contribution is 4.89. The van der Waals surface area contributed by atoms with E-state index in [-0.39, 0.29) is 0 Å². The van der Waals surface area contributed by atoms with Crippen LogP contribution in [0, 0.1) is 16.7 Å². The molecule has 0 bridgehead atoms. The van der Waals surface area contributed by atoms with E-state index in [1.54, 1.807) is 0 Å². The fourth-order valence-electron chi connectivity index (χ4n) is 3.43. The van der Waals surface area contributed by atoms with E-state index >= 15 is 0 Å². The molecule has 0 nitrogen and oxygen atoms in total. The van der Waals surface area contributed by atoms with Crippen molar-refractivity contribution in [2.45, 2.75) is 80.6 Å². The smallest absolute Gasteiger partial charge is 0.0321 e. The summed E-state index contributed by atoms with van der Waals surface area (Å²) in [6.45, 7) is 16.3.